The molecule has 4 aromatic carbocycles. The summed E-state index contributed by atoms with van der Waals surface area (Å²) in [6.07, 6.45) is 4.25. The Labute approximate surface area is 196 Å². The maximum Gasteiger partial charge on any atom is 0.123 e. The summed E-state index contributed by atoms with van der Waals surface area (Å²) in [5, 5.41) is 0. The Morgan fingerprint density at radius 1 is 0.788 bits per heavy atom. The van der Waals surface area contributed by atoms with E-state index in [2.05, 4.69) is 80.6 Å². The van der Waals surface area contributed by atoms with E-state index in [1.807, 2.05) is 6.07 Å². The number of aryl methyl sites for hydroxylation is 2. The van der Waals surface area contributed by atoms with Gasteiger partial charge < -0.3 is 0 Å². The number of hydrogen-bond donors (Lipinski definition) is 0. The van der Waals surface area contributed by atoms with E-state index < -0.39 is 0 Å². The summed E-state index contributed by atoms with van der Waals surface area (Å²) < 4.78 is 14.6. The summed E-state index contributed by atoms with van der Waals surface area (Å²) >= 11 is 0. The third-order valence-corrected chi connectivity index (χ3v) is 8.14. The Morgan fingerprint density at radius 3 is 2.45 bits per heavy atom. The maximum absolute atomic E-state index is 14.6. The predicted molar refractivity (Wildman–Crippen MR) is 134 cm³/mol. The van der Waals surface area contributed by atoms with Crippen molar-refractivity contribution < 1.29 is 4.39 Å². The van der Waals surface area contributed by atoms with Crippen molar-refractivity contribution in [3.05, 3.63) is 130 Å². The summed E-state index contributed by atoms with van der Waals surface area (Å²) in [5.74, 6) is 0.332. The summed E-state index contributed by atoms with van der Waals surface area (Å²) in [6.45, 7) is 4.58. The van der Waals surface area contributed by atoms with Gasteiger partial charge in [0.15, 0.2) is 0 Å². The Hall–Kier alpha value is -3.19. The van der Waals surface area contributed by atoms with E-state index in [9.17, 15) is 4.39 Å². The van der Waals surface area contributed by atoms with Crippen LogP contribution in [0.4, 0.5) is 4.39 Å². The van der Waals surface area contributed by atoms with E-state index >= 15 is 0 Å². The van der Waals surface area contributed by atoms with Gasteiger partial charge in [0, 0.05) is 5.41 Å². The number of halogens is 1. The van der Waals surface area contributed by atoms with Crippen LogP contribution in [-0.4, -0.2) is 0 Å². The first-order valence-corrected chi connectivity index (χ1v) is 12.2. The van der Waals surface area contributed by atoms with Gasteiger partial charge in [0.1, 0.15) is 5.82 Å². The van der Waals surface area contributed by atoms with Crippen LogP contribution in [0.2, 0.25) is 0 Å². The van der Waals surface area contributed by atoms with Gasteiger partial charge in [-0.3, -0.25) is 0 Å². The molecule has 0 bridgehead atoms. The van der Waals surface area contributed by atoms with Crippen LogP contribution in [0.5, 0.6) is 0 Å². The molecule has 1 heteroatoms. The standard InChI is InChI=1S/C32H29F/c1-21-8-3-6-13-29(21)32(24-10-7-11-25(33)20-24)19-18-22(2)31-28-15-14-23-9-4-5-12-26(23)27(28)16-17-30(31)32/h3-13,16-17,20,22H,14-15,18-19H2,1-2H3. The minimum absolute atomic E-state index is 0.160. The molecule has 2 aliphatic rings. The molecule has 0 spiro atoms. The lowest BCUT2D eigenvalue weighted by molar-refractivity contribution is 0.450. The lowest BCUT2D eigenvalue weighted by Gasteiger charge is -2.45. The normalized spacial score (nSPS) is 21.1. The smallest absolute Gasteiger partial charge is 0.123 e. The number of rotatable bonds is 2. The highest BCUT2D eigenvalue weighted by Crippen LogP contribution is 2.54. The Kier molecular flexibility index (Phi) is 4.76. The van der Waals surface area contributed by atoms with Crippen LogP contribution >= 0.6 is 0 Å². The molecule has 33 heavy (non-hydrogen) atoms. The predicted octanol–water partition coefficient (Wildman–Crippen LogP) is 8.13. The first-order valence-electron chi connectivity index (χ1n) is 12.2. The van der Waals surface area contributed by atoms with E-state index in [4.69, 9.17) is 0 Å². The minimum atomic E-state index is -0.332. The largest absolute Gasteiger partial charge is 0.207 e. The molecule has 0 N–H and O–H groups in total. The number of fused-ring (bicyclic) bond motifs is 5. The average Bonchev–Trinajstić information content (AvgIpc) is 2.84. The van der Waals surface area contributed by atoms with E-state index in [1.165, 1.54) is 44.5 Å². The first-order chi connectivity index (χ1) is 16.1. The zero-order valence-electron chi connectivity index (χ0n) is 19.4. The van der Waals surface area contributed by atoms with Crippen molar-refractivity contribution in [3.8, 4) is 11.1 Å². The molecule has 0 saturated heterocycles. The van der Waals surface area contributed by atoms with Gasteiger partial charge in [-0.15, -0.1) is 0 Å². The van der Waals surface area contributed by atoms with Crippen molar-refractivity contribution in [1.82, 2.24) is 0 Å². The van der Waals surface area contributed by atoms with Crippen molar-refractivity contribution in [2.75, 3.05) is 0 Å². The SMILES string of the molecule is Cc1ccccc1C1(c2cccc(F)c2)CCC(C)c2c1ccc1c2CCc2ccccc2-1. The summed E-state index contributed by atoms with van der Waals surface area (Å²) in [6, 6.07) is 29.6. The molecule has 164 valence electrons. The topological polar surface area (TPSA) is 0 Å². The molecular formula is C32H29F. The third kappa shape index (κ3) is 3.02. The summed E-state index contributed by atoms with van der Waals surface area (Å²) in [7, 11) is 0. The second-order valence-corrected chi connectivity index (χ2v) is 9.88. The summed E-state index contributed by atoms with van der Waals surface area (Å²) in [5.41, 5.74) is 11.9. The monoisotopic (exact) mass is 432 g/mol. The second kappa shape index (κ2) is 7.70. The molecule has 2 unspecified atom stereocenters. The molecule has 0 aliphatic heterocycles. The lowest BCUT2D eigenvalue weighted by atomic mass is 9.58. The van der Waals surface area contributed by atoms with Crippen molar-refractivity contribution in [1.29, 1.82) is 0 Å². The Balaban J connectivity index is 1.69. The van der Waals surface area contributed by atoms with Crippen LogP contribution in [0.15, 0.2) is 84.9 Å². The van der Waals surface area contributed by atoms with Crippen LogP contribution in [-0.2, 0) is 18.3 Å². The van der Waals surface area contributed by atoms with Gasteiger partial charge in [0.05, 0.1) is 0 Å². The molecule has 2 aliphatic carbocycles. The van der Waals surface area contributed by atoms with E-state index in [0.29, 0.717) is 5.92 Å². The van der Waals surface area contributed by atoms with Gasteiger partial charge >= 0.3 is 0 Å². The molecule has 0 amide bonds. The van der Waals surface area contributed by atoms with E-state index in [0.717, 1.165) is 31.2 Å². The van der Waals surface area contributed by atoms with E-state index in [1.54, 1.807) is 12.1 Å². The van der Waals surface area contributed by atoms with Crippen molar-refractivity contribution in [3.63, 3.8) is 0 Å². The molecule has 0 aromatic heterocycles. The molecule has 6 rings (SSSR count). The van der Waals surface area contributed by atoms with Gasteiger partial charge in [-0.1, -0.05) is 79.7 Å². The number of benzene rings is 4. The number of hydrogen-bond acceptors (Lipinski definition) is 0. The second-order valence-electron chi connectivity index (χ2n) is 9.88. The Bertz CT molecular complexity index is 1360. The average molecular weight is 433 g/mol. The van der Waals surface area contributed by atoms with Crippen LogP contribution in [0.1, 0.15) is 64.6 Å². The van der Waals surface area contributed by atoms with Gasteiger partial charge in [0.25, 0.3) is 0 Å². The van der Waals surface area contributed by atoms with Gasteiger partial charge in [0.2, 0.25) is 0 Å². The van der Waals surface area contributed by atoms with Crippen LogP contribution in [0.25, 0.3) is 11.1 Å². The molecule has 2 atom stereocenters. The highest BCUT2D eigenvalue weighted by molar-refractivity contribution is 5.76. The van der Waals surface area contributed by atoms with Gasteiger partial charge in [-0.2, -0.15) is 0 Å². The minimum Gasteiger partial charge on any atom is -0.207 e. The zero-order chi connectivity index (χ0) is 22.6. The highest BCUT2D eigenvalue weighted by Gasteiger charge is 2.44. The van der Waals surface area contributed by atoms with Crippen molar-refractivity contribution in [2.45, 2.75) is 50.9 Å². The fourth-order valence-corrected chi connectivity index (χ4v) is 6.63. The van der Waals surface area contributed by atoms with Crippen molar-refractivity contribution >= 4 is 0 Å². The quantitative estimate of drug-likeness (QED) is 0.300. The molecular weight excluding hydrogens is 403 g/mol. The van der Waals surface area contributed by atoms with Gasteiger partial charge in [-0.25, -0.2) is 4.39 Å². The zero-order valence-corrected chi connectivity index (χ0v) is 19.4. The van der Waals surface area contributed by atoms with E-state index in [-0.39, 0.29) is 11.2 Å². The van der Waals surface area contributed by atoms with Crippen molar-refractivity contribution in [2.24, 2.45) is 0 Å². The maximum atomic E-state index is 14.6. The molecule has 0 nitrogen and oxygen atoms in total. The molecule has 0 saturated carbocycles. The molecule has 0 fully saturated rings. The third-order valence-electron chi connectivity index (χ3n) is 8.14. The molecule has 4 aromatic rings. The Morgan fingerprint density at radius 2 is 1.61 bits per heavy atom. The molecule has 0 heterocycles. The lowest BCUT2D eigenvalue weighted by Crippen LogP contribution is -2.36. The molecule has 0 radical (unpaired) electrons. The van der Waals surface area contributed by atoms with Crippen LogP contribution < -0.4 is 0 Å². The first kappa shape index (κ1) is 20.4. The summed E-state index contributed by atoms with van der Waals surface area (Å²) in [4.78, 5) is 0. The fourth-order valence-electron chi connectivity index (χ4n) is 6.63. The fraction of sp³-hybridized carbons (Fsp3) is 0.250. The van der Waals surface area contributed by atoms with Crippen LogP contribution in [0.3, 0.4) is 0 Å². The highest BCUT2D eigenvalue weighted by atomic mass is 19.1. The van der Waals surface area contributed by atoms with Crippen LogP contribution in [0, 0.1) is 12.7 Å². The van der Waals surface area contributed by atoms with Gasteiger partial charge in [-0.05, 0) is 101 Å².